The van der Waals surface area contributed by atoms with Crippen LogP contribution in [0.4, 0.5) is 0 Å². The zero-order valence-electron chi connectivity index (χ0n) is 6.07. The van der Waals surface area contributed by atoms with Gasteiger partial charge in [0.2, 0.25) is 0 Å². The van der Waals surface area contributed by atoms with Crippen LogP contribution in [0.5, 0.6) is 0 Å². The third-order valence-electron chi connectivity index (χ3n) is 1.43. The number of nitrogens with zero attached hydrogens (tertiary/aromatic N) is 1. The molecular weight excluding hydrogens is 174 g/mol. The first-order valence-corrected chi connectivity index (χ1v) is 5.04. The van der Waals surface area contributed by atoms with Crippen molar-refractivity contribution in [3.8, 4) is 10.4 Å². The molecule has 1 nitrogen and oxygen atoms in total. The van der Waals surface area contributed by atoms with E-state index in [0.29, 0.717) is 0 Å². The van der Waals surface area contributed by atoms with E-state index in [1.807, 2.05) is 6.92 Å². The van der Waals surface area contributed by atoms with Crippen LogP contribution < -0.4 is 0 Å². The van der Waals surface area contributed by atoms with Crippen molar-refractivity contribution in [2.24, 2.45) is 0 Å². The van der Waals surface area contributed by atoms with Gasteiger partial charge in [-0.05, 0) is 41.3 Å². The second-order valence-electron chi connectivity index (χ2n) is 2.34. The van der Waals surface area contributed by atoms with Crippen molar-refractivity contribution in [3.63, 3.8) is 0 Å². The normalized spacial score (nSPS) is 10.3. The Morgan fingerprint density at radius 1 is 1.45 bits per heavy atom. The zero-order chi connectivity index (χ0) is 7.68. The third kappa shape index (κ3) is 1.34. The van der Waals surface area contributed by atoms with E-state index >= 15 is 0 Å². The average Bonchev–Trinajstić information content (AvgIpc) is 2.55. The van der Waals surface area contributed by atoms with Gasteiger partial charge >= 0.3 is 0 Å². The molecule has 0 aromatic carbocycles. The van der Waals surface area contributed by atoms with Crippen molar-refractivity contribution < 1.29 is 0 Å². The van der Waals surface area contributed by atoms with E-state index in [1.54, 1.807) is 22.9 Å². The molecule has 0 aliphatic heterocycles. The number of hydrogen-bond acceptors (Lipinski definition) is 3. The summed E-state index contributed by atoms with van der Waals surface area (Å²) in [6.07, 6.45) is 0. The van der Waals surface area contributed by atoms with Gasteiger partial charge < -0.3 is 0 Å². The lowest BCUT2D eigenvalue weighted by Crippen LogP contribution is -1.62. The monoisotopic (exact) mass is 181 g/mol. The number of aryl methyl sites for hydroxylation is 1. The van der Waals surface area contributed by atoms with Crippen LogP contribution >= 0.6 is 22.9 Å². The molecule has 0 aliphatic carbocycles. The number of hydrogen-bond donors (Lipinski definition) is 0. The van der Waals surface area contributed by atoms with Crippen LogP contribution in [-0.4, -0.2) is 4.37 Å². The molecule has 11 heavy (non-hydrogen) atoms. The molecule has 0 N–H and O–H groups in total. The molecule has 0 amide bonds. The highest BCUT2D eigenvalue weighted by atomic mass is 32.1. The summed E-state index contributed by atoms with van der Waals surface area (Å²) in [6.45, 7) is 2.02. The van der Waals surface area contributed by atoms with E-state index in [2.05, 4.69) is 27.3 Å². The third-order valence-corrected chi connectivity index (χ3v) is 3.05. The summed E-state index contributed by atoms with van der Waals surface area (Å²) in [4.78, 5) is 1.27. The van der Waals surface area contributed by atoms with Crippen molar-refractivity contribution in [1.82, 2.24) is 4.37 Å². The molecular formula is C8H7NS2. The summed E-state index contributed by atoms with van der Waals surface area (Å²) in [7, 11) is 0. The maximum atomic E-state index is 4.22. The summed E-state index contributed by atoms with van der Waals surface area (Å²) < 4.78 is 4.22. The quantitative estimate of drug-likeness (QED) is 0.658. The largest absolute Gasteiger partial charge is 0.197 e. The molecule has 56 valence electrons. The topological polar surface area (TPSA) is 12.9 Å². The molecule has 0 spiro atoms. The molecule has 3 heteroatoms. The average molecular weight is 181 g/mol. The second kappa shape index (κ2) is 2.75. The van der Waals surface area contributed by atoms with E-state index in [1.165, 1.54) is 10.4 Å². The molecule has 0 saturated carbocycles. The van der Waals surface area contributed by atoms with Crippen molar-refractivity contribution in [2.45, 2.75) is 6.92 Å². The lowest BCUT2D eigenvalue weighted by atomic mass is 10.3. The Morgan fingerprint density at radius 3 is 2.91 bits per heavy atom. The summed E-state index contributed by atoms with van der Waals surface area (Å²) in [6, 6.07) is 4.24. The van der Waals surface area contributed by atoms with Crippen LogP contribution in [0, 0.1) is 6.92 Å². The molecule has 0 aliphatic rings. The highest BCUT2D eigenvalue weighted by Gasteiger charge is 2.00. The Labute approximate surface area is 73.5 Å². The molecule has 0 bridgehead atoms. The molecule has 2 aromatic heterocycles. The Kier molecular flexibility index (Phi) is 1.75. The van der Waals surface area contributed by atoms with E-state index < -0.39 is 0 Å². The Bertz CT molecular complexity index is 335. The second-order valence-corrected chi connectivity index (χ2v) is 3.93. The highest BCUT2D eigenvalue weighted by Crippen LogP contribution is 2.26. The maximum Gasteiger partial charge on any atom is 0.0560 e. The van der Waals surface area contributed by atoms with Gasteiger partial charge in [0.15, 0.2) is 0 Å². The molecule has 0 fully saturated rings. The standard InChI is InChI=1S/C8H7NS2/c1-6-4-8(11-9-6)7-2-3-10-5-7/h2-5H,1H3. The van der Waals surface area contributed by atoms with Crippen LogP contribution in [0.25, 0.3) is 10.4 Å². The molecule has 2 aromatic rings. The lowest BCUT2D eigenvalue weighted by molar-refractivity contribution is 1.35. The molecule has 0 saturated heterocycles. The highest BCUT2D eigenvalue weighted by molar-refractivity contribution is 7.11. The Hall–Kier alpha value is -0.670. The van der Waals surface area contributed by atoms with Crippen LogP contribution in [0.2, 0.25) is 0 Å². The van der Waals surface area contributed by atoms with Gasteiger partial charge in [-0.1, -0.05) is 0 Å². The van der Waals surface area contributed by atoms with Crippen LogP contribution in [0.1, 0.15) is 5.69 Å². The lowest BCUT2D eigenvalue weighted by Gasteiger charge is -1.84. The fourth-order valence-corrected chi connectivity index (χ4v) is 2.39. The van der Waals surface area contributed by atoms with Crippen molar-refractivity contribution in [3.05, 3.63) is 28.6 Å². The van der Waals surface area contributed by atoms with E-state index in [4.69, 9.17) is 0 Å². The van der Waals surface area contributed by atoms with Crippen LogP contribution in [0.15, 0.2) is 22.9 Å². The molecule has 2 rings (SSSR count). The van der Waals surface area contributed by atoms with Crippen molar-refractivity contribution >= 4 is 22.9 Å². The van der Waals surface area contributed by atoms with Crippen LogP contribution in [-0.2, 0) is 0 Å². The fourth-order valence-electron chi connectivity index (χ4n) is 0.904. The fraction of sp³-hybridized carbons (Fsp3) is 0.125. The first-order chi connectivity index (χ1) is 5.36. The molecule has 0 unspecified atom stereocenters. The predicted octanol–water partition coefficient (Wildman–Crippen LogP) is 3.18. The van der Waals surface area contributed by atoms with E-state index in [-0.39, 0.29) is 0 Å². The number of rotatable bonds is 1. The minimum absolute atomic E-state index is 1.11. The van der Waals surface area contributed by atoms with Gasteiger partial charge in [-0.2, -0.15) is 15.7 Å². The summed E-state index contributed by atoms with van der Waals surface area (Å²) in [5.74, 6) is 0. The zero-order valence-corrected chi connectivity index (χ0v) is 7.71. The SMILES string of the molecule is Cc1cc(-c2ccsc2)sn1. The van der Waals surface area contributed by atoms with Gasteiger partial charge in [0.25, 0.3) is 0 Å². The van der Waals surface area contributed by atoms with Gasteiger partial charge in [-0.15, -0.1) is 0 Å². The maximum absolute atomic E-state index is 4.22. The first-order valence-electron chi connectivity index (χ1n) is 3.32. The van der Waals surface area contributed by atoms with Gasteiger partial charge in [-0.25, -0.2) is 0 Å². The minimum atomic E-state index is 1.11. The Morgan fingerprint density at radius 2 is 2.36 bits per heavy atom. The van der Waals surface area contributed by atoms with Crippen LogP contribution in [0.3, 0.4) is 0 Å². The molecule has 0 atom stereocenters. The van der Waals surface area contributed by atoms with E-state index in [9.17, 15) is 0 Å². The van der Waals surface area contributed by atoms with Crippen molar-refractivity contribution in [2.75, 3.05) is 0 Å². The van der Waals surface area contributed by atoms with Crippen molar-refractivity contribution in [1.29, 1.82) is 0 Å². The summed E-state index contributed by atoms with van der Waals surface area (Å²) >= 11 is 3.29. The molecule has 0 radical (unpaired) electrons. The van der Waals surface area contributed by atoms with Gasteiger partial charge in [0.05, 0.1) is 10.6 Å². The van der Waals surface area contributed by atoms with E-state index in [0.717, 1.165) is 5.69 Å². The van der Waals surface area contributed by atoms with Gasteiger partial charge in [0, 0.05) is 5.56 Å². The number of thiophene rings is 1. The minimum Gasteiger partial charge on any atom is -0.197 e. The predicted molar refractivity (Wildman–Crippen MR) is 50.2 cm³/mol. The molecule has 2 heterocycles. The van der Waals surface area contributed by atoms with Gasteiger partial charge in [-0.3, -0.25) is 0 Å². The Balaban J connectivity index is 2.45. The summed E-state index contributed by atoms with van der Waals surface area (Å²) in [5, 5.41) is 4.23. The first kappa shape index (κ1) is 7.00. The smallest absolute Gasteiger partial charge is 0.0560 e. The number of aromatic nitrogens is 1. The van der Waals surface area contributed by atoms with Gasteiger partial charge in [0.1, 0.15) is 0 Å². The summed E-state index contributed by atoms with van der Waals surface area (Å²) in [5.41, 5.74) is 2.40.